The van der Waals surface area contributed by atoms with E-state index in [0.29, 0.717) is 22.2 Å². The molecule has 0 aromatic carbocycles. The summed E-state index contributed by atoms with van der Waals surface area (Å²) in [6.45, 7) is 2.24. The van der Waals surface area contributed by atoms with Crippen molar-refractivity contribution in [3.05, 3.63) is 28.5 Å². The van der Waals surface area contributed by atoms with E-state index in [1.54, 1.807) is 18.3 Å². The van der Waals surface area contributed by atoms with Gasteiger partial charge < -0.3 is 10.3 Å². The van der Waals surface area contributed by atoms with Crippen molar-refractivity contribution in [3.63, 3.8) is 0 Å². The maximum Gasteiger partial charge on any atom is 0.254 e. The highest BCUT2D eigenvalue weighted by molar-refractivity contribution is 7.71. The summed E-state index contributed by atoms with van der Waals surface area (Å²) < 4.78 is 0.508. The van der Waals surface area contributed by atoms with Gasteiger partial charge in [-0.05, 0) is 30.9 Å². The van der Waals surface area contributed by atoms with Crippen LogP contribution in [0.5, 0.6) is 0 Å². The van der Waals surface area contributed by atoms with Gasteiger partial charge in [-0.15, -0.1) is 0 Å². The zero-order valence-electron chi connectivity index (χ0n) is 10.0. The van der Waals surface area contributed by atoms with Gasteiger partial charge in [-0.1, -0.05) is 32.0 Å². The Bertz CT molecular complexity index is 455. The molecule has 0 spiro atoms. The minimum absolute atomic E-state index is 0.0500. The van der Waals surface area contributed by atoms with E-state index in [1.807, 2.05) is 0 Å². The van der Waals surface area contributed by atoms with E-state index >= 15 is 0 Å². The first-order valence-corrected chi connectivity index (χ1v) is 6.56. The van der Waals surface area contributed by atoms with Crippen molar-refractivity contribution in [3.8, 4) is 0 Å². The van der Waals surface area contributed by atoms with Crippen LogP contribution in [0.1, 0.15) is 43.0 Å². The van der Waals surface area contributed by atoms with Crippen molar-refractivity contribution >= 4 is 18.1 Å². The summed E-state index contributed by atoms with van der Waals surface area (Å²) in [7, 11) is 0. The van der Waals surface area contributed by atoms with Crippen molar-refractivity contribution in [2.75, 3.05) is 0 Å². The number of nitrogens with one attached hydrogen (secondary N) is 2. The van der Waals surface area contributed by atoms with Crippen LogP contribution in [0.2, 0.25) is 0 Å². The molecule has 2 rings (SSSR count). The number of carbonyl (C=O) groups excluding carboxylic acids is 1. The van der Waals surface area contributed by atoms with E-state index in [1.165, 1.54) is 12.8 Å². The molecule has 2 atom stereocenters. The second-order valence-electron chi connectivity index (χ2n) is 4.86. The predicted octanol–water partition coefficient (Wildman–Crippen LogP) is 3.05. The van der Waals surface area contributed by atoms with E-state index in [-0.39, 0.29) is 5.91 Å². The van der Waals surface area contributed by atoms with Gasteiger partial charge >= 0.3 is 0 Å². The number of rotatable bonds is 2. The van der Waals surface area contributed by atoms with Crippen LogP contribution in [0.25, 0.3) is 0 Å². The van der Waals surface area contributed by atoms with E-state index in [9.17, 15) is 4.79 Å². The van der Waals surface area contributed by atoms with Crippen LogP contribution in [0.15, 0.2) is 18.3 Å². The number of amides is 1. The lowest BCUT2D eigenvalue weighted by atomic mass is 9.87. The normalized spacial score (nSPS) is 24.3. The predicted molar refractivity (Wildman–Crippen MR) is 70.5 cm³/mol. The first-order chi connectivity index (χ1) is 8.16. The van der Waals surface area contributed by atoms with Crippen molar-refractivity contribution in [1.82, 2.24) is 10.3 Å². The lowest BCUT2D eigenvalue weighted by Crippen LogP contribution is -2.38. The van der Waals surface area contributed by atoms with Gasteiger partial charge in [0.05, 0.1) is 5.56 Å². The number of aromatic amines is 1. The van der Waals surface area contributed by atoms with E-state index in [2.05, 4.69) is 17.2 Å². The third-order valence-electron chi connectivity index (χ3n) is 3.33. The summed E-state index contributed by atoms with van der Waals surface area (Å²) in [4.78, 5) is 14.9. The Morgan fingerprint density at radius 1 is 1.53 bits per heavy atom. The number of pyridine rings is 1. The molecule has 1 amide bonds. The molecule has 0 radical (unpaired) electrons. The first kappa shape index (κ1) is 12.3. The van der Waals surface area contributed by atoms with Crippen molar-refractivity contribution < 1.29 is 4.79 Å². The highest BCUT2D eigenvalue weighted by Crippen LogP contribution is 2.23. The van der Waals surface area contributed by atoms with Gasteiger partial charge in [0.25, 0.3) is 5.91 Å². The molecule has 1 saturated carbocycles. The van der Waals surface area contributed by atoms with Crippen LogP contribution < -0.4 is 5.32 Å². The van der Waals surface area contributed by atoms with Crippen LogP contribution in [0, 0.1) is 10.6 Å². The Hall–Kier alpha value is -1.16. The molecule has 2 unspecified atom stereocenters. The Labute approximate surface area is 107 Å². The third kappa shape index (κ3) is 3.16. The van der Waals surface area contributed by atoms with Crippen LogP contribution in [-0.2, 0) is 0 Å². The zero-order chi connectivity index (χ0) is 12.3. The molecule has 1 fully saturated rings. The smallest absolute Gasteiger partial charge is 0.254 e. The summed E-state index contributed by atoms with van der Waals surface area (Å²) in [5.74, 6) is 0.658. The van der Waals surface area contributed by atoms with Gasteiger partial charge in [0.1, 0.15) is 4.64 Å². The highest BCUT2D eigenvalue weighted by atomic mass is 32.1. The maximum absolute atomic E-state index is 12.0. The third-order valence-corrected chi connectivity index (χ3v) is 3.67. The summed E-state index contributed by atoms with van der Waals surface area (Å²) in [5.41, 5.74) is 0.570. The number of H-pyrrole nitrogens is 1. The summed E-state index contributed by atoms with van der Waals surface area (Å²) in [6, 6.07) is 3.87. The maximum atomic E-state index is 12.0. The molecule has 0 saturated heterocycles. The fourth-order valence-corrected chi connectivity index (χ4v) is 2.66. The van der Waals surface area contributed by atoms with Gasteiger partial charge in [-0.25, -0.2) is 0 Å². The molecule has 1 aromatic rings. The van der Waals surface area contributed by atoms with Gasteiger partial charge in [0, 0.05) is 12.2 Å². The second-order valence-corrected chi connectivity index (χ2v) is 5.26. The Kier molecular flexibility index (Phi) is 3.94. The quantitative estimate of drug-likeness (QED) is 0.792. The van der Waals surface area contributed by atoms with E-state index < -0.39 is 0 Å². The topological polar surface area (TPSA) is 44.9 Å². The largest absolute Gasteiger partial charge is 0.352 e. The number of hydrogen-bond donors (Lipinski definition) is 2. The second kappa shape index (κ2) is 5.45. The lowest BCUT2D eigenvalue weighted by molar-refractivity contribution is 0.0920. The molecule has 4 heteroatoms. The van der Waals surface area contributed by atoms with Crippen LogP contribution >= 0.6 is 12.2 Å². The monoisotopic (exact) mass is 250 g/mol. The number of carbonyl (C=O) groups is 1. The average molecular weight is 250 g/mol. The van der Waals surface area contributed by atoms with Crippen molar-refractivity contribution in [1.29, 1.82) is 0 Å². The molecule has 1 aromatic heterocycles. The van der Waals surface area contributed by atoms with Crippen LogP contribution in [-0.4, -0.2) is 16.9 Å². The van der Waals surface area contributed by atoms with Gasteiger partial charge in [0.2, 0.25) is 0 Å². The molecule has 0 bridgehead atoms. The highest BCUT2D eigenvalue weighted by Gasteiger charge is 2.21. The summed E-state index contributed by atoms with van der Waals surface area (Å²) in [6.07, 6.45) is 6.38. The number of hydrogen-bond acceptors (Lipinski definition) is 2. The zero-order valence-corrected chi connectivity index (χ0v) is 10.8. The Morgan fingerprint density at radius 2 is 2.35 bits per heavy atom. The van der Waals surface area contributed by atoms with Gasteiger partial charge in [-0.3, -0.25) is 4.79 Å². The van der Waals surface area contributed by atoms with Crippen LogP contribution in [0.3, 0.4) is 0 Å². The molecular formula is C13H18N2OS. The molecule has 1 heterocycles. The average Bonchev–Trinajstić information content (AvgIpc) is 2.29. The Morgan fingerprint density at radius 3 is 3.06 bits per heavy atom. The van der Waals surface area contributed by atoms with Gasteiger partial charge in [-0.2, -0.15) is 0 Å². The van der Waals surface area contributed by atoms with Crippen molar-refractivity contribution in [2.24, 2.45) is 5.92 Å². The molecule has 3 nitrogen and oxygen atoms in total. The van der Waals surface area contributed by atoms with E-state index in [0.717, 1.165) is 12.8 Å². The minimum Gasteiger partial charge on any atom is -0.352 e. The molecule has 17 heavy (non-hydrogen) atoms. The van der Waals surface area contributed by atoms with Gasteiger partial charge in [0.15, 0.2) is 0 Å². The first-order valence-electron chi connectivity index (χ1n) is 6.15. The molecule has 2 N–H and O–H groups in total. The summed E-state index contributed by atoms with van der Waals surface area (Å²) >= 11 is 5.10. The van der Waals surface area contributed by atoms with Crippen molar-refractivity contribution in [2.45, 2.75) is 38.6 Å². The molecule has 92 valence electrons. The lowest BCUT2D eigenvalue weighted by Gasteiger charge is -2.27. The number of aromatic nitrogens is 1. The standard InChI is InChI=1S/C13H18N2OS/c1-9-4-2-5-10(8-9)15-12(16)11-6-3-7-14-13(11)17/h3,6-7,9-10H,2,4-5,8H2,1H3,(H,14,17)(H,15,16). The SMILES string of the molecule is CC1CCCC(NC(=O)c2ccc[nH]c2=S)C1. The fourth-order valence-electron chi connectivity index (χ4n) is 2.43. The molecule has 1 aliphatic rings. The molecule has 0 aliphatic heterocycles. The molecular weight excluding hydrogens is 232 g/mol. The Balaban J connectivity index is 2.02. The van der Waals surface area contributed by atoms with Crippen LogP contribution in [0.4, 0.5) is 0 Å². The minimum atomic E-state index is -0.0500. The molecule has 1 aliphatic carbocycles. The van der Waals surface area contributed by atoms with E-state index in [4.69, 9.17) is 12.2 Å². The fraction of sp³-hybridized carbons (Fsp3) is 0.538. The summed E-state index contributed by atoms with van der Waals surface area (Å²) in [5, 5.41) is 3.08.